The first-order valence-electron chi connectivity index (χ1n) is 3.50. The molecule has 0 amide bonds. The van der Waals surface area contributed by atoms with Gasteiger partial charge in [-0.05, 0) is 17.5 Å². The maximum Gasteiger partial charge on any atom is 0.301 e. The van der Waals surface area contributed by atoms with Gasteiger partial charge in [0.15, 0.2) is 5.69 Å². The van der Waals surface area contributed by atoms with Gasteiger partial charge in [0.05, 0.1) is 18.1 Å². The lowest BCUT2D eigenvalue weighted by Crippen LogP contribution is -2.01. The van der Waals surface area contributed by atoms with Crippen LogP contribution in [0.15, 0.2) is 18.2 Å². The number of nitro benzene ring substituents is 1. The summed E-state index contributed by atoms with van der Waals surface area (Å²) < 4.78 is 28.9. The monoisotopic (exact) mass is 204 g/mol. The summed E-state index contributed by atoms with van der Waals surface area (Å²) in [6.45, 7) is 0. The number of ether oxygens (including phenoxy) is 1. The molecule has 0 saturated heterocycles. The van der Waals surface area contributed by atoms with Gasteiger partial charge in [0.2, 0.25) is 0 Å². The fraction of sp³-hybridized carbons (Fsp3) is 0.143. The third kappa shape index (κ3) is 1.87. The Morgan fingerprint density at radius 1 is 1.50 bits per heavy atom. The maximum absolute atomic E-state index is 12.1. The third-order valence-electron chi connectivity index (χ3n) is 1.56. The largest absolute Gasteiger partial charge is 0.496 e. The lowest BCUT2D eigenvalue weighted by Gasteiger charge is -2.04. The van der Waals surface area contributed by atoms with Crippen molar-refractivity contribution in [2.75, 3.05) is 12.5 Å². The topological polar surface area (TPSA) is 55.6 Å². The van der Waals surface area contributed by atoms with Crippen LogP contribution in [0, 0.1) is 10.1 Å². The molecule has 0 aliphatic carbocycles. The fourth-order valence-electron chi connectivity index (χ4n) is 0.919. The number of hydrogen-bond acceptors (Lipinski definition) is 4. The zero-order chi connectivity index (χ0) is 10.7. The molecule has 0 fully saturated rings. The highest BCUT2D eigenvalue weighted by molar-refractivity contribution is 5.62. The predicted octanol–water partition coefficient (Wildman–Crippen LogP) is 2.18. The van der Waals surface area contributed by atoms with Gasteiger partial charge in [0, 0.05) is 0 Å². The van der Waals surface area contributed by atoms with E-state index >= 15 is 0 Å². The highest BCUT2D eigenvalue weighted by Crippen LogP contribution is 2.32. The molecule has 1 aromatic rings. The van der Waals surface area contributed by atoms with Crippen LogP contribution in [-0.4, -0.2) is 12.0 Å². The highest BCUT2D eigenvalue weighted by Gasteiger charge is 2.20. The van der Waals surface area contributed by atoms with E-state index in [4.69, 9.17) is 0 Å². The van der Waals surface area contributed by atoms with Crippen molar-refractivity contribution in [1.82, 2.24) is 0 Å². The number of methoxy groups -OCH3 is 1. The van der Waals surface area contributed by atoms with Crippen molar-refractivity contribution in [3.8, 4) is 5.75 Å². The van der Waals surface area contributed by atoms with E-state index in [1.54, 1.807) is 0 Å². The number of hydrogen-bond donors (Lipinski definition) is 0. The van der Waals surface area contributed by atoms with E-state index in [0.29, 0.717) is 0 Å². The van der Waals surface area contributed by atoms with Crippen molar-refractivity contribution in [1.29, 1.82) is 0 Å². The van der Waals surface area contributed by atoms with E-state index < -0.39 is 21.6 Å². The second kappa shape index (κ2) is 3.86. The number of rotatable bonds is 3. The molecule has 5 nitrogen and oxygen atoms in total. The maximum atomic E-state index is 12.1. The Hall–Kier alpha value is -1.92. The van der Waals surface area contributed by atoms with Crippen LogP contribution in [0.4, 0.5) is 20.3 Å². The molecule has 1 rings (SSSR count). The number of nitro groups is 1. The SMILES string of the molecule is COc1ccc(N(F)F)c([N+](=O)[O-])c1. The first-order valence-corrected chi connectivity index (χ1v) is 3.50. The summed E-state index contributed by atoms with van der Waals surface area (Å²) in [6.07, 6.45) is 0. The fourth-order valence-corrected chi connectivity index (χ4v) is 0.919. The van der Waals surface area contributed by atoms with E-state index in [0.717, 1.165) is 12.1 Å². The Morgan fingerprint density at radius 3 is 2.57 bits per heavy atom. The molecule has 1 aromatic carbocycles. The Labute approximate surface area is 77.5 Å². The zero-order valence-corrected chi connectivity index (χ0v) is 7.11. The average molecular weight is 204 g/mol. The van der Waals surface area contributed by atoms with Crippen molar-refractivity contribution >= 4 is 11.4 Å². The van der Waals surface area contributed by atoms with Crippen LogP contribution in [-0.2, 0) is 0 Å². The average Bonchev–Trinajstić information content (AvgIpc) is 2.16. The molecule has 0 aliphatic heterocycles. The number of anilines is 1. The third-order valence-corrected chi connectivity index (χ3v) is 1.56. The van der Waals surface area contributed by atoms with Crippen LogP contribution in [0.5, 0.6) is 5.75 Å². The summed E-state index contributed by atoms with van der Waals surface area (Å²) in [4.78, 5) is 9.49. The van der Waals surface area contributed by atoms with Gasteiger partial charge in [-0.3, -0.25) is 10.1 Å². The number of benzene rings is 1. The summed E-state index contributed by atoms with van der Waals surface area (Å²) in [5.74, 6) is 0.155. The lowest BCUT2D eigenvalue weighted by molar-refractivity contribution is -0.384. The molecule has 0 atom stereocenters. The summed E-state index contributed by atoms with van der Waals surface area (Å²) in [5.41, 5.74) is -1.47. The second-order valence-corrected chi connectivity index (χ2v) is 2.34. The van der Waals surface area contributed by atoms with Crippen molar-refractivity contribution in [2.45, 2.75) is 0 Å². The molecule has 14 heavy (non-hydrogen) atoms. The molecular formula is C7H6F2N2O3. The van der Waals surface area contributed by atoms with E-state index in [1.807, 2.05) is 0 Å². The van der Waals surface area contributed by atoms with Crippen LogP contribution in [0.25, 0.3) is 0 Å². The van der Waals surface area contributed by atoms with Crippen LogP contribution >= 0.6 is 0 Å². The molecule has 76 valence electrons. The van der Waals surface area contributed by atoms with Gasteiger partial charge in [-0.2, -0.15) is 0 Å². The Balaban J connectivity index is 3.24. The van der Waals surface area contributed by atoms with Crippen molar-refractivity contribution < 1.29 is 18.6 Å². The molecule has 0 saturated carbocycles. The molecule has 0 N–H and O–H groups in total. The lowest BCUT2D eigenvalue weighted by atomic mass is 10.2. The van der Waals surface area contributed by atoms with Gasteiger partial charge < -0.3 is 4.74 Å². The first kappa shape index (κ1) is 10.2. The smallest absolute Gasteiger partial charge is 0.301 e. The molecule has 0 unspecified atom stereocenters. The minimum Gasteiger partial charge on any atom is -0.496 e. The van der Waals surface area contributed by atoms with Gasteiger partial charge in [-0.15, -0.1) is 0 Å². The number of nitrogens with zero attached hydrogens (tertiary/aromatic N) is 2. The van der Waals surface area contributed by atoms with Crippen molar-refractivity contribution in [2.24, 2.45) is 0 Å². The Morgan fingerprint density at radius 2 is 2.14 bits per heavy atom. The summed E-state index contributed by atoms with van der Waals surface area (Å²) in [5, 5.41) is 9.08. The normalized spacial score (nSPS) is 9.64. The molecule has 0 bridgehead atoms. The quantitative estimate of drug-likeness (QED) is 0.430. The minimum absolute atomic E-state index is 0.155. The van der Waals surface area contributed by atoms with Gasteiger partial charge >= 0.3 is 5.69 Å². The van der Waals surface area contributed by atoms with Gasteiger partial charge in [-0.25, -0.2) is 0 Å². The molecule has 0 aliphatic rings. The summed E-state index contributed by atoms with van der Waals surface area (Å²) >= 11 is 0. The Bertz CT molecular complexity index is 357. The molecule has 7 heteroatoms. The summed E-state index contributed by atoms with van der Waals surface area (Å²) in [6, 6.07) is 3.06. The highest BCUT2D eigenvalue weighted by atomic mass is 19.4. The van der Waals surface area contributed by atoms with E-state index in [-0.39, 0.29) is 5.75 Å². The zero-order valence-electron chi connectivity index (χ0n) is 7.11. The summed E-state index contributed by atoms with van der Waals surface area (Å²) in [7, 11) is 1.29. The van der Waals surface area contributed by atoms with Gasteiger partial charge in [-0.1, -0.05) is 8.96 Å². The van der Waals surface area contributed by atoms with Crippen LogP contribution < -0.4 is 10.1 Å². The number of halogens is 2. The van der Waals surface area contributed by atoms with Gasteiger partial charge in [0.1, 0.15) is 5.75 Å². The first-order chi connectivity index (χ1) is 6.56. The van der Waals surface area contributed by atoms with E-state index in [2.05, 4.69) is 4.74 Å². The van der Waals surface area contributed by atoms with E-state index in [9.17, 15) is 19.1 Å². The van der Waals surface area contributed by atoms with Crippen molar-refractivity contribution in [3.05, 3.63) is 28.3 Å². The van der Waals surface area contributed by atoms with Crippen molar-refractivity contribution in [3.63, 3.8) is 0 Å². The minimum atomic E-state index is -1.31. The predicted molar refractivity (Wildman–Crippen MR) is 44.3 cm³/mol. The molecular weight excluding hydrogens is 198 g/mol. The second-order valence-electron chi connectivity index (χ2n) is 2.34. The molecule has 0 spiro atoms. The van der Waals surface area contributed by atoms with Gasteiger partial charge in [0.25, 0.3) is 0 Å². The standard InChI is InChI=1S/C7H6F2N2O3/c1-14-5-2-3-6(10(8)9)7(4-5)11(12)13/h2-4H,1H3. The Kier molecular flexibility index (Phi) is 2.80. The van der Waals surface area contributed by atoms with Crippen LogP contribution in [0.2, 0.25) is 0 Å². The van der Waals surface area contributed by atoms with E-state index in [1.165, 1.54) is 13.2 Å². The molecule has 0 heterocycles. The van der Waals surface area contributed by atoms with Crippen LogP contribution in [0.3, 0.4) is 0 Å². The molecule has 0 radical (unpaired) electrons. The van der Waals surface area contributed by atoms with Crippen LogP contribution in [0.1, 0.15) is 0 Å². The molecule has 0 aromatic heterocycles.